The molecule has 0 aliphatic carbocycles. The van der Waals surface area contributed by atoms with E-state index in [4.69, 9.17) is 0 Å². The van der Waals surface area contributed by atoms with Gasteiger partial charge in [0.1, 0.15) is 22.5 Å². The zero-order chi connectivity index (χ0) is 17.1. The van der Waals surface area contributed by atoms with E-state index in [2.05, 4.69) is 9.97 Å². The Kier molecular flexibility index (Phi) is 6.20. The van der Waals surface area contributed by atoms with Crippen LogP contribution in [0.5, 0.6) is 11.5 Å². The molecule has 2 aromatic heterocycles. The Morgan fingerprint density at radius 3 is 1.40 bits per heavy atom. The average molecular weight is 437 g/mol. The summed E-state index contributed by atoms with van der Waals surface area (Å²) in [5.41, 5.74) is 3.20. The molecule has 0 fully saturated rings. The first-order chi connectivity index (χ1) is 11.5. The molecule has 2 heterocycles. The molecular formula is C20H18N2O2Sn. The molecule has 0 amide bonds. The summed E-state index contributed by atoms with van der Waals surface area (Å²) in [6.45, 7) is 3.82. The SMILES string of the molecule is Cc1ccc2cccc(O)c2n1.Cc1ccc2cccc(O)c2n1.[Sn]. The van der Waals surface area contributed by atoms with E-state index in [1.807, 2.05) is 62.4 Å². The van der Waals surface area contributed by atoms with Gasteiger partial charge >= 0.3 is 0 Å². The molecule has 0 spiro atoms. The number of phenolic OH excluding ortho intramolecular Hbond substituents is 2. The molecule has 2 N–H and O–H groups in total. The number of phenols is 2. The second kappa shape index (κ2) is 8.16. The van der Waals surface area contributed by atoms with Gasteiger partial charge in [-0.05, 0) is 38.1 Å². The van der Waals surface area contributed by atoms with Crippen molar-refractivity contribution < 1.29 is 10.2 Å². The normalized spacial score (nSPS) is 10.0. The van der Waals surface area contributed by atoms with E-state index in [9.17, 15) is 10.2 Å². The third kappa shape index (κ3) is 4.39. The molecule has 0 aliphatic heterocycles. The number of pyridine rings is 2. The summed E-state index contributed by atoms with van der Waals surface area (Å²) in [5.74, 6) is 0.493. The van der Waals surface area contributed by atoms with E-state index in [-0.39, 0.29) is 35.4 Å². The standard InChI is InChI=1S/2C10H9NO.Sn/c2*1-7-5-6-8-3-2-4-9(12)10(8)11-7;/h2*2-6,12H,1H3;. The minimum Gasteiger partial charge on any atom is -0.506 e. The van der Waals surface area contributed by atoms with Gasteiger partial charge in [0, 0.05) is 46.1 Å². The Morgan fingerprint density at radius 2 is 1.00 bits per heavy atom. The summed E-state index contributed by atoms with van der Waals surface area (Å²) < 4.78 is 0. The van der Waals surface area contributed by atoms with Gasteiger partial charge in [-0.25, -0.2) is 9.97 Å². The van der Waals surface area contributed by atoms with Gasteiger partial charge in [0.25, 0.3) is 0 Å². The predicted molar refractivity (Wildman–Crippen MR) is 102 cm³/mol. The van der Waals surface area contributed by atoms with Crippen molar-refractivity contribution in [1.82, 2.24) is 9.97 Å². The fourth-order valence-electron chi connectivity index (χ4n) is 2.46. The zero-order valence-corrected chi connectivity index (χ0v) is 16.9. The molecule has 124 valence electrons. The smallest absolute Gasteiger partial charge is 0.141 e. The third-order valence-corrected chi connectivity index (χ3v) is 3.68. The molecule has 0 unspecified atom stereocenters. The quantitative estimate of drug-likeness (QED) is 0.407. The molecule has 0 saturated heterocycles. The number of aromatic nitrogens is 2. The summed E-state index contributed by atoms with van der Waals surface area (Å²) in [6, 6.07) is 18.6. The molecular weight excluding hydrogens is 419 g/mol. The van der Waals surface area contributed by atoms with Crippen molar-refractivity contribution in [3.8, 4) is 11.5 Å². The van der Waals surface area contributed by atoms with Gasteiger partial charge in [-0.15, -0.1) is 0 Å². The Labute approximate surface area is 163 Å². The van der Waals surface area contributed by atoms with Crippen LogP contribution in [0.25, 0.3) is 21.8 Å². The summed E-state index contributed by atoms with van der Waals surface area (Å²) in [6.07, 6.45) is 0. The second-order valence-corrected chi connectivity index (χ2v) is 5.60. The molecule has 5 heteroatoms. The van der Waals surface area contributed by atoms with Gasteiger partial charge in [0.2, 0.25) is 0 Å². The van der Waals surface area contributed by atoms with Crippen molar-refractivity contribution in [2.75, 3.05) is 0 Å². The number of fused-ring (bicyclic) bond motifs is 2. The number of benzene rings is 2. The molecule has 0 atom stereocenters. The molecule has 4 rings (SSSR count). The molecule has 4 aromatic rings. The molecule has 0 bridgehead atoms. The number of aryl methyl sites for hydroxylation is 2. The van der Waals surface area contributed by atoms with Crippen molar-refractivity contribution in [1.29, 1.82) is 0 Å². The van der Waals surface area contributed by atoms with Crippen LogP contribution >= 0.6 is 0 Å². The first-order valence-electron chi connectivity index (χ1n) is 7.65. The first kappa shape index (κ1) is 19.0. The monoisotopic (exact) mass is 438 g/mol. The molecule has 25 heavy (non-hydrogen) atoms. The predicted octanol–water partition coefficient (Wildman–Crippen LogP) is 4.12. The van der Waals surface area contributed by atoms with E-state index in [1.165, 1.54) is 0 Å². The Morgan fingerprint density at radius 1 is 0.600 bits per heavy atom. The van der Waals surface area contributed by atoms with Crippen molar-refractivity contribution in [2.24, 2.45) is 0 Å². The topological polar surface area (TPSA) is 66.2 Å². The Balaban J connectivity index is 0.000000173. The maximum Gasteiger partial charge on any atom is 0.141 e. The fourth-order valence-corrected chi connectivity index (χ4v) is 2.46. The van der Waals surface area contributed by atoms with Crippen LogP contribution in [0.1, 0.15) is 11.4 Å². The summed E-state index contributed by atoms with van der Waals surface area (Å²) >= 11 is 0. The summed E-state index contributed by atoms with van der Waals surface area (Å²) in [4.78, 5) is 8.45. The van der Waals surface area contributed by atoms with Crippen molar-refractivity contribution in [2.45, 2.75) is 13.8 Å². The van der Waals surface area contributed by atoms with E-state index in [0.29, 0.717) is 11.0 Å². The minimum absolute atomic E-state index is 0. The summed E-state index contributed by atoms with van der Waals surface area (Å²) in [5, 5.41) is 20.8. The van der Waals surface area contributed by atoms with Crippen LogP contribution in [-0.2, 0) is 0 Å². The fraction of sp³-hybridized carbons (Fsp3) is 0.100. The largest absolute Gasteiger partial charge is 0.506 e. The van der Waals surface area contributed by atoms with E-state index < -0.39 is 0 Å². The number of hydrogen-bond donors (Lipinski definition) is 2. The van der Waals surface area contributed by atoms with Crippen LogP contribution in [0.15, 0.2) is 60.7 Å². The number of para-hydroxylation sites is 2. The minimum atomic E-state index is 0. The molecule has 4 nitrogen and oxygen atoms in total. The van der Waals surface area contributed by atoms with Crippen molar-refractivity contribution in [3.05, 3.63) is 72.1 Å². The van der Waals surface area contributed by atoms with Crippen molar-refractivity contribution in [3.63, 3.8) is 0 Å². The molecule has 0 saturated carbocycles. The van der Waals surface area contributed by atoms with Crippen LogP contribution in [0.4, 0.5) is 0 Å². The number of aromatic hydroxyl groups is 2. The zero-order valence-electron chi connectivity index (χ0n) is 14.1. The Bertz CT molecular complexity index is 936. The van der Waals surface area contributed by atoms with Crippen LogP contribution in [-0.4, -0.2) is 44.1 Å². The maximum absolute atomic E-state index is 9.43. The van der Waals surface area contributed by atoms with Crippen molar-refractivity contribution >= 4 is 45.7 Å². The van der Waals surface area contributed by atoms with Gasteiger partial charge in [0.15, 0.2) is 0 Å². The van der Waals surface area contributed by atoms with Gasteiger partial charge in [-0.1, -0.05) is 36.4 Å². The van der Waals surface area contributed by atoms with Crippen LogP contribution in [0.2, 0.25) is 0 Å². The first-order valence-corrected chi connectivity index (χ1v) is 7.65. The van der Waals surface area contributed by atoms with E-state index >= 15 is 0 Å². The van der Waals surface area contributed by atoms with Crippen LogP contribution in [0, 0.1) is 13.8 Å². The second-order valence-electron chi connectivity index (χ2n) is 5.60. The third-order valence-electron chi connectivity index (χ3n) is 3.68. The maximum atomic E-state index is 9.43. The van der Waals surface area contributed by atoms with E-state index in [1.54, 1.807) is 12.1 Å². The number of rotatable bonds is 0. The van der Waals surface area contributed by atoms with Crippen LogP contribution < -0.4 is 0 Å². The summed E-state index contributed by atoms with van der Waals surface area (Å²) in [7, 11) is 0. The van der Waals surface area contributed by atoms with E-state index in [0.717, 1.165) is 22.2 Å². The Hall–Kier alpha value is -2.34. The molecule has 0 aliphatic rings. The molecule has 2 aromatic carbocycles. The number of nitrogens with zero attached hydrogens (tertiary/aromatic N) is 2. The average Bonchev–Trinajstić information content (AvgIpc) is 2.57. The van der Waals surface area contributed by atoms with Gasteiger partial charge in [0.05, 0.1) is 0 Å². The van der Waals surface area contributed by atoms with Crippen LogP contribution in [0.3, 0.4) is 0 Å². The van der Waals surface area contributed by atoms with Gasteiger partial charge < -0.3 is 10.2 Å². The van der Waals surface area contributed by atoms with Gasteiger partial charge in [-0.3, -0.25) is 0 Å². The number of hydrogen-bond acceptors (Lipinski definition) is 4. The molecule has 4 radical (unpaired) electrons. The van der Waals surface area contributed by atoms with Gasteiger partial charge in [-0.2, -0.15) is 0 Å².